The van der Waals surface area contributed by atoms with E-state index in [1.54, 1.807) is 0 Å². The van der Waals surface area contributed by atoms with Crippen molar-refractivity contribution >= 4 is 21.4 Å². The summed E-state index contributed by atoms with van der Waals surface area (Å²) in [5.41, 5.74) is 8.16. The summed E-state index contributed by atoms with van der Waals surface area (Å²) in [4.78, 5) is 1.36. The predicted octanol–water partition coefficient (Wildman–Crippen LogP) is 6.60. The van der Waals surface area contributed by atoms with Crippen molar-refractivity contribution in [3.8, 4) is 21.6 Å². The van der Waals surface area contributed by atoms with Crippen LogP contribution in [0, 0.1) is 20.8 Å². The Balaban J connectivity index is 2.05. The van der Waals surface area contributed by atoms with Crippen LogP contribution in [0.4, 0.5) is 0 Å². The average molecular weight is 302 g/mol. The summed E-state index contributed by atoms with van der Waals surface area (Å²) in [6.07, 6.45) is 0. The minimum atomic E-state index is 1.31. The highest BCUT2D eigenvalue weighted by Crippen LogP contribution is 2.45. The lowest BCUT2D eigenvalue weighted by atomic mass is 10.1. The van der Waals surface area contributed by atoms with Gasteiger partial charge >= 0.3 is 0 Å². The van der Waals surface area contributed by atoms with Crippen LogP contribution < -0.4 is 0 Å². The molecule has 1 aromatic heterocycles. The van der Waals surface area contributed by atoms with E-state index in [1.807, 2.05) is 11.3 Å². The van der Waals surface area contributed by atoms with Crippen LogP contribution in [-0.4, -0.2) is 0 Å². The van der Waals surface area contributed by atoms with Gasteiger partial charge in [0.05, 0.1) is 0 Å². The SMILES string of the molecule is Cc1cc(C)cc2c3sc(-c4ccccc4)cc3c(C)c-2c1. The number of aryl methyl sites for hydroxylation is 3. The van der Waals surface area contributed by atoms with E-state index in [9.17, 15) is 0 Å². The Morgan fingerprint density at radius 3 is 2.14 bits per heavy atom. The van der Waals surface area contributed by atoms with Gasteiger partial charge in [-0.25, -0.2) is 0 Å². The lowest BCUT2D eigenvalue weighted by Gasteiger charge is -1.98. The molecule has 0 bridgehead atoms. The van der Waals surface area contributed by atoms with Crippen molar-refractivity contribution in [2.75, 3.05) is 0 Å². The first kappa shape index (κ1) is 13.5. The number of benzene rings is 1. The maximum atomic E-state index is 2.36. The van der Waals surface area contributed by atoms with Crippen LogP contribution in [-0.2, 0) is 0 Å². The van der Waals surface area contributed by atoms with E-state index >= 15 is 0 Å². The van der Waals surface area contributed by atoms with Gasteiger partial charge in [-0.05, 0) is 55.0 Å². The second kappa shape index (κ2) is 4.96. The topological polar surface area (TPSA) is 0 Å². The Morgan fingerprint density at radius 1 is 0.727 bits per heavy atom. The molecule has 108 valence electrons. The van der Waals surface area contributed by atoms with Gasteiger partial charge in [0.25, 0.3) is 0 Å². The lowest BCUT2D eigenvalue weighted by Crippen LogP contribution is -1.73. The molecule has 4 rings (SSSR count). The van der Waals surface area contributed by atoms with E-state index in [0.717, 1.165) is 0 Å². The van der Waals surface area contributed by atoms with Crippen LogP contribution in [0.5, 0.6) is 0 Å². The standard InChI is InChI=1S/C21H18S/c1-13-9-14(2)11-19-17(10-13)15(3)18-12-20(22-21(18)19)16-7-5-4-6-8-16/h4-12H,1-3H3. The third-order valence-electron chi connectivity index (χ3n) is 4.33. The fourth-order valence-corrected chi connectivity index (χ4v) is 4.56. The maximum Gasteiger partial charge on any atom is 0.0430 e. The fourth-order valence-electron chi connectivity index (χ4n) is 3.31. The number of rotatable bonds is 1. The Labute approximate surface area is 135 Å². The van der Waals surface area contributed by atoms with Crippen LogP contribution in [0.3, 0.4) is 0 Å². The summed E-state index contributed by atoms with van der Waals surface area (Å²) in [5, 5.41) is 1.41. The Kier molecular flexibility index (Phi) is 3.05. The minimum absolute atomic E-state index is 1.31. The van der Waals surface area contributed by atoms with Gasteiger partial charge in [0.15, 0.2) is 0 Å². The van der Waals surface area contributed by atoms with Gasteiger partial charge in [0.1, 0.15) is 0 Å². The average Bonchev–Trinajstić information content (AvgIpc) is 2.98. The van der Waals surface area contributed by atoms with Crippen molar-refractivity contribution in [2.24, 2.45) is 0 Å². The molecule has 0 radical (unpaired) electrons. The third-order valence-corrected chi connectivity index (χ3v) is 5.55. The van der Waals surface area contributed by atoms with Crippen molar-refractivity contribution in [2.45, 2.75) is 20.8 Å². The zero-order valence-corrected chi connectivity index (χ0v) is 13.9. The van der Waals surface area contributed by atoms with Crippen molar-refractivity contribution in [1.82, 2.24) is 0 Å². The highest BCUT2D eigenvalue weighted by Gasteiger charge is 2.18. The highest BCUT2D eigenvalue weighted by molar-refractivity contribution is 7.23. The lowest BCUT2D eigenvalue weighted by molar-refractivity contribution is 1.44. The molecule has 0 atom stereocenters. The fraction of sp³-hybridized carbons (Fsp3) is 0.143. The molecule has 0 spiro atoms. The van der Waals surface area contributed by atoms with E-state index in [4.69, 9.17) is 0 Å². The molecule has 1 aromatic carbocycles. The maximum absolute atomic E-state index is 2.36. The normalized spacial score (nSPS) is 11.4. The van der Waals surface area contributed by atoms with Crippen LogP contribution in [0.2, 0.25) is 0 Å². The monoisotopic (exact) mass is 302 g/mol. The first-order chi connectivity index (χ1) is 10.6. The second-order valence-corrected chi connectivity index (χ2v) is 7.15. The molecule has 1 heterocycles. The summed E-state index contributed by atoms with van der Waals surface area (Å²) in [5.74, 6) is 0. The molecule has 0 unspecified atom stereocenters. The van der Waals surface area contributed by atoms with Crippen molar-refractivity contribution in [3.05, 3.63) is 71.3 Å². The third kappa shape index (κ3) is 2.05. The second-order valence-electron chi connectivity index (χ2n) is 6.09. The summed E-state index contributed by atoms with van der Waals surface area (Å²) in [6.45, 7) is 6.62. The molecule has 0 amide bonds. The Morgan fingerprint density at radius 2 is 1.41 bits per heavy atom. The molecular weight excluding hydrogens is 284 g/mol. The van der Waals surface area contributed by atoms with Gasteiger partial charge in [-0.3, -0.25) is 0 Å². The number of thiophene rings is 1. The highest BCUT2D eigenvalue weighted by atomic mass is 32.1. The van der Waals surface area contributed by atoms with Gasteiger partial charge in [0.2, 0.25) is 0 Å². The molecule has 0 saturated carbocycles. The number of fused-ring (bicyclic) bond motifs is 3. The summed E-state index contributed by atoms with van der Waals surface area (Å²) in [7, 11) is 0. The number of hydrogen-bond donors (Lipinski definition) is 0. The van der Waals surface area contributed by atoms with Crippen LogP contribution in [0.15, 0.2) is 54.6 Å². The molecule has 0 aliphatic heterocycles. The van der Waals surface area contributed by atoms with Crippen LogP contribution in [0.25, 0.3) is 31.7 Å². The van der Waals surface area contributed by atoms with Crippen molar-refractivity contribution in [1.29, 1.82) is 0 Å². The van der Waals surface area contributed by atoms with E-state index in [2.05, 4.69) is 75.4 Å². The first-order valence-electron chi connectivity index (χ1n) is 7.63. The quantitative estimate of drug-likeness (QED) is 0.371. The summed E-state index contributed by atoms with van der Waals surface area (Å²) >= 11 is 1.91. The molecule has 22 heavy (non-hydrogen) atoms. The van der Waals surface area contributed by atoms with Gasteiger partial charge in [-0.15, -0.1) is 11.3 Å². The zero-order chi connectivity index (χ0) is 15.3. The molecule has 2 aliphatic rings. The van der Waals surface area contributed by atoms with Gasteiger partial charge < -0.3 is 0 Å². The van der Waals surface area contributed by atoms with Crippen molar-refractivity contribution < 1.29 is 0 Å². The smallest absolute Gasteiger partial charge is 0.0430 e. The van der Waals surface area contributed by atoms with Gasteiger partial charge in [0, 0.05) is 15.1 Å². The first-order valence-corrected chi connectivity index (χ1v) is 8.44. The van der Waals surface area contributed by atoms with Gasteiger partial charge in [-0.2, -0.15) is 0 Å². The van der Waals surface area contributed by atoms with Crippen LogP contribution in [0.1, 0.15) is 16.7 Å². The molecule has 2 aliphatic carbocycles. The molecule has 2 aromatic rings. The summed E-state index contributed by atoms with van der Waals surface area (Å²) in [6, 6.07) is 20.0. The van der Waals surface area contributed by atoms with Crippen molar-refractivity contribution in [3.63, 3.8) is 0 Å². The van der Waals surface area contributed by atoms with E-state index < -0.39 is 0 Å². The van der Waals surface area contributed by atoms with Crippen LogP contribution >= 0.6 is 11.3 Å². The Hall–Kier alpha value is -2.12. The molecule has 0 saturated heterocycles. The zero-order valence-electron chi connectivity index (χ0n) is 13.1. The largest absolute Gasteiger partial charge is 0.135 e. The minimum Gasteiger partial charge on any atom is -0.135 e. The van der Waals surface area contributed by atoms with E-state index in [1.165, 1.54) is 48.3 Å². The van der Waals surface area contributed by atoms with Gasteiger partial charge in [-0.1, -0.05) is 53.6 Å². The molecule has 0 N–H and O–H groups in total. The number of hydrogen-bond acceptors (Lipinski definition) is 1. The molecular formula is C21H18S. The Bertz CT molecular complexity index is 945. The van der Waals surface area contributed by atoms with E-state index in [-0.39, 0.29) is 0 Å². The molecule has 0 nitrogen and oxygen atoms in total. The molecule has 0 fully saturated rings. The van der Waals surface area contributed by atoms with E-state index in [0.29, 0.717) is 0 Å². The summed E-state index contributed by atoms with van der Waals surface area (Å²) < 4.78 is 1.42. The molecule has 1 heteroatoms. The predicted molar refractivity (Wildman–Crippen MR) is 98.1 cm³/mol.